The second-order valence-corrected chi connectivity index (χ2v) is 4.16. The number of nitrogen functional groups attached to an aromatic ring is 1. The molecule has 1 heterocycles. The molecule has 0 aliphatic rings. The van der Waals surface area contributed by atoms with E-state index in [1.807, 2.05) is 13.8 Å². The maximum atomic E-state index is 11.4. The number of aryl methyl sites for hydroxylation is 1. The Bertz CT molecular complexity index is 358. The lowest BCUT2D eigenvalue weighted by molar-refractivity contribution is -0.119. The molecule has 0 spiro atoms. The van der Waals surface area contributed by atoms with E-state index in [1.165, 1.54) is 0 Å². The van der Waals surface area contributed by atoms with Crippen molar-refractivity contribution in [3.05, 3.63) is 6.20 Å². The quantitative estimate of drug-likeness (QED) is 0.667. The molecule has 0 radical (unpaired) electrons. The number of anilines is 2. The summed E-state index contributed by atoms with van der Waals surface area (Å²) in [6.45, 7) is 4.96. The molecule has 0 bridgehead atoms. The van der Waals surface area contributed by atoms with E-state index in [9.17, 15) is 4.79 Å². The number of amides is 1. The Morgan fingerprint density at radius 2 is 2.31 bits per heavy atom. The molecule has 0 aliphatic heterocycles. The van der Waals surface area contributed by atoms with Gasteiger partial charge in [0.1, 0.15) is 0 Å². The van der Waals surface area contributed by atoms with Crippen molar-refractivity contribution in [3.63, 3.8) is 0 Å². The molecule has 16 heavy (non-hydrogen) atoms. The highest BCUT2D eigenvalue weighted by Crippen LogP contribution is 2.13. The van der Waals surface area contributed by atoms with Gasteiger partial charge in [-0.3, -0.25) is 9.48 Å². The number of rotatable bonds is 5. The van der Waals surface area contributed by atoms with Crippen LogP contribution in [-0.4, -0.2) is 28.8 Å². The van der Waals surface area contributed by atoms with Crippen molar-refractivity contribution in [2.75, 3.05) is 24.1 Å². The van der Waals surface area contributed by atoms with Crippen LogP contribution >= 0.6 is 0 Å². The van der Waals surface area contributed by atoms with Crippen LogP contribution in [0.1, 0.15) is 13.8 Å². The minimum Gasteiger partial charge on any atom is -0.394 e. The van der Waals surface area contributed by atoms with E-state index in [0.29, 0.717) is 24.0 Å². The molecule has 90 valence electrons. The van der Waals surface area contributed by atoms with E-state index in [1.54, 1.807) is 17.9 Å². The van der Waals surface area contributed by atoms with Gasteiger partial charge in [-0.25, -0.2) is 0 Å². The van der Waals surface area contributed by atoms with Crippen molar-refractivity contribution >= 4 is 17.4 Å². The highest BCUT2D eigenvalue weighted by atomic mass is 16.1. The molecule has 0 aliphatic carbocycles. The first kappa shape index (κ1) is 12.4. The van der Waals surface area contributed by atoms with Crippen LogP contribution in [0.15, 0.2) is 6.20 Å². The maximum Gasteiger partial charge on any atom is 0.239 e. The zero-order valence-corrected chi connectivity index (χ0v) is 9.95. The minimum absolute atomic E-state index is 0.0567. The Morgan fingerprint density at radius 3 is 2.81 bits per heavy atom. The van der Waals surface area contributed by atoms with Gasteiger partial charge in [0.2, 0.25) is 5.91 Å². The number of carbonyl (C=O) groups is 1. The SMILES string of the molecule is CC(C)CNC(=O)CNc1nn(C)cc1N. The molecule has 1 rings (SSSR count). The summed E-state index contributed by atoms with van der Waals surface area (Å²) in [4.78, 5) is 11.4. The third kappa shape index (κ3) is 3.80. The first-order chi connectivity index (χ1) is 7.49. The normalized spacial score (nSPS) is 10.5. The van der Waals surface area contributed by atoms with Crippen LogP contribution in [0.5, 0.6) is 0 Å². The molecule has 6 nitrogen and oxygen atoms in total. The fourth-order valence-corrected chi connectivity index (χ4v) is 1.19. The lowest BCUT2D eigenvalue weighted by Gasteiger charge is -2.08. The first-order valence-corrected chi connectivity index (χ1v) is 5.28. The number of carbonyl (C=O) groups excluding carboxylic acids is 1. The van der Waals surface area contributed by atoms with Crippen LogP contribution < -0.4 is 16.4 Å². The van der Waals surface area contributed by atoms with Gasteiger partial charge in [-0.15, -0.1) is 0 Å². The Morgan fingerprint density at radius 1 is 1.62 bits per heavy atom. The molecular formula is C10H19N5O. The number of nitrogens with one attached hydrogen (secondary N) is 2. The Labute approximate surface area is 95.2 Å². The average Bonchev–Trinajstić information content (AvgIpc) is 2.51. The molecule has 1 amide bonds. The van der Waals surface area contributed by atoms with E-state index in [4.69, 9.17) is 5.73 Å². The van der Waals surface area contributed by atoms with Gasteiger partial charge in [-0.05, 0) is 5.92 Å². The Hall–Kier alpha value is -1.72. The van der Waals surface area contributed by atoms with E-state index in [-0.39, 0.29) is 12.5 Å². The standard InChI is InChI=1S/C10H19N5O/c1-7(2)4-12-9(16)5-13-10-8(11)6-15(3)14-10/h6-7H,4-5,11H2,1-3H3,(H,12,16)(H,13,14). The molecular weight excluding hydrogens is 206 g/mol. The van der Waals surface area contributed by atoms with Crippen LogP contribution in [-0.2, 0) is 11.8 Å². The summed E-state index contributed by atoms with van der Waals surface area (Å²) < 4.78 is 1.60. The summed E-state index contributed by atoms with van der Waals surface area (Å²) in [5.74, 6) is 0.935. The van der Waals surface area contributed by atoms with Crippen molar-refractivity contribution in [3.8, 4) is 0 Å². The highest BCUT2D eigenvalue weighted by molar-refractivity contribution is 5.81. The van der Waals surface area contributed by atoms with Gasteiger partial charge >= 0.3 is 0 Å². The van der Waals surface area contributed by atoms with Crippen molar-refractivity contribution < 1.29 is 4.79 Å². The molecule has 1 aromatic heterocycles. The second-order valence-electron chi connectivity index (χ2n) is 4.16. The van der Waals surface area contributed by atoms with Gasteiger partial charge in [0.15, 0.2) is 5.82 Å². The molecule has 1 aromatic rings. The van der Waals surface area contributed by atoms with E-state index < -0.39 is 0 Å². The second kappa shape index (κ2) is 5.39. The number of aromatic nitrogens is 2. The van der Waals surface area contributed by atoms with E-state index >= 15 is 0 Å². The zero-order valence-electron chi connectivity index (χ0n) is 9.95. The van der Waals surface area contributed by atoms with Crippen LogP contribution in [0.3, 0.4) is 0 Å². The average molecular weight is 225 g/mol. The van der Waals surface area contributed by atoms with Crippen LogP contribution in [0.25, 0.3) is 0 Å². The Balaban J connectivity index is 2.34. The summed E-state index contributed by atoms with van der Waals surface area (Å²) in [5.41, 5.74) is 6.21. The summed E-state index contributed by atoms with van der Waals surface area (Å²) in [6, 6.07) is 0. The summed E-state index contributed by atoms with van der Waals surface area (Å²) in [6.07, 6.45) is 1.69. The minimum atomic E-state index is -0.0567. The Kier molecular flexibility index (Phi) is 4.16. The van der Waals surface area contributed by atoms with Crippen molar-refractivity contribution in [2.45, 2.75) is 13.8 Å². The number of hydrogen-bond donors (Lipinski definition) is 3. The third-order valence-electron chi connectivity index (χ3n) is 1.98. The van der Waals surface area contributed by atoms with Gasteiger partial charge in [0.05, 0.1) is 12.2 Å². The van der Waals surface area contributed by atoms with Crippen molar-refractivity contribution in [1.29, 1.82) is 0 Å². The predicted octanol–water partition coefficient (Wildman–Crippen LogP) is 0.186. The lowest BCUT2D eigenvalue weighted by atomic mass is 10.2. The summed E-state index contributed by atoms with van der Waals surface area (Å²) in [7, 11) is 1.78. The topological polar surface area (TPSA) is 85.0 Å². The van der Waals surface area contributed by atoms with Gasteiger partial charge in [-0.1, -0.05) is 13.8 Å². The van der Waals surface area contributed by atoms with Gasteiger partial charge < -0.3 is 16.4 Å². The maximum absolute atomic E-state index is 11.4. The van der Waals surface area contributed by atoms with E-state index in [2.05, 4.69) is 15.7 Å². The fraction of sp³-hybridized carbons (Fsp3) is 0.600. The summed E-state index contributed by atoms with van der Waals surface area (Å²) >= 11 is 0. The fourth-order valence-electron chi connectivity index (χ4n) is 1.19. The largest absolute Gasteiger partial charge is 0.394 e. The third-order valence-corrected chi connectivity index (χ3v) is 1.98. The predicted molar refractivity (Wildman–Crippen MR) is 64.0 cm³/mol. The molecule has 0 saturated heterocycles. The molecule has 0 aromatic carbocycles. The van der Waals surface area contributed by atoms with Crippen molar-refractivity contribution in [1.82, 2.24) is 15.1 Å². The number of hydrogen-bond acceptors (Lipinski definition) is 4. The van der Waals surface area contributed by atoms with E-state index in [0.717, 1.165) is 0 Å². The summed E-state index contributed by atoms with van der Waals surface area (Å²) in [5, 5.41) is 9.77. The smallest absolute Gasteiger partial charge is 0.239 e. The number of nitrogens with two attached hydrogens (primary N) is 1. The number of nitrogens with zero attached hydrogens (tertiary/aromatic N) is 2. The van der Waals surface area contributed by atoms with Crippen LogP contribution in [0, 0.1) is 5.92 Å². The lowest BCUT2D eigenvalue weighted by Crippen LogP contribution is -2.32. The molecule has 6 heteroatoms. The monoisotopic (exact) mass is 225 g/mol. The molecule has 0 atom stereocenters. The highest BCUT2D eigenvalue weighted by Gasteiger charge is 2.06. The first-order valence-electron chi connectivity index (χ1n) is 5.28. The molecule has 0 unspecified atom stereocenters. The van der Waals surface area contributed by atoms with Gasteiger partial charge in [-0.2, -0.15) is 5.10 Å². The zero-order chi connectivity index (χ0) is 12.1. The molecule has 4 N–H and O–H groups in total. The molecule has 0 saturated carbocycles. The van der Waals surface area contributed by atoms with Crippen molar-refractivity contribution in [2.24, 2.45) is 13.0 Å². The van der Waals surface area contributed by atoms with Crippen LogP contribution in [0.2, 0.25) is 0 Å². The van der Waals surface area contributed by atoms with Crippen LogP contribution in [0.4, 0.5) is 11.5 Å². The molecule has 0 fully saturated rings. The van der Waals surface area contributed by atoms with Gasteiger partial charge in [0, 0.05) is 19.8 Å². The van der Waals surface area contributed by atoms with Gasteiger partial charge in [0.25, 0.3) is 0 Å².